The van der Waals surface area contributed by atoms with Crippen LogP contribution in [0, 0.1) is 0 Å². The van der Waals surface area contributed by atoms with Gasteiger partial charge in [-0.1, -0.05) is 6.42 Å². The molecule has 154 valence electrons. The number of hydrogen-bond acceptors (Lipinski definition) is 5. The maximum absolute atomic E-state index is 11.7. The molecule has 7 nitrogen and oxygen atoms in total. The first-order valence-corrected chi connectivity index (χ1v) is 10.4. The average molecular weight is 403 g/mol. The molecule has 0 atom stereocenters. The van der Waals surface area contributed by atoms with Crippen LogP contribution >= 0.6 is 0 Å². The van der Waals surface area contributed by atoms with Crippen LogP contribution in [0.4, 0.5) is 0 Å². The van der Waals surface area contributed by atoms with Gasteiger partial charge < -0.3 is 15.4 Å². The van der Waals surface area contributed by atoms with Crippen LogP contribution in [0.2, 0.25) is 0 Å². The standard InChI is InChI=1S/C16H12N4O2.C7H13N/c1-20-8-9-6-11(15(21)7-14(9)19-20)12-3-2-10-13(18-12)4-5-17-16(10)22;1-2-6-8-7(3-1)4-5-7/h2-8,21H,1H3,(H,17,22);8H,1-6H2. The SMILES string of the molecule is C1CCC2(CC2)NC1.Cn1cc2cc(-c3ccc4c(=O)[nH]ccc4n3)c(O)cc2n1. The molecule has 0 radical (unpaired) electrons. The van der Waals surface area contributed by atoms with Gasteiger partial charge in [0.2, 0.25) is 0 Å². The van der Waals surface area contributed by atoms with Crippen molar-refractivity contribution in [2.24, 2.45) is 7.05 Å². The summed E-state index contributed by atoms with van der Waals surface area (Å²) in [5.74, 6) is 0.114. The van der Waals surface area contributed by atoms with Gasteiger partial charge in [0.05, 0.1) is 22.1 Å². The Labute approximate surface area is 173 Å². The minimum absolute atomic E-state index is 0.114. The van der Waals surface area contributed by atoms with Gasteiger partial charge in [0.15, 0.2) is 0 Å². The van der Waals surface area contributed by atoms with Crippen molar-refractivity contribution in [2.75, 3.05) is 6.54 Å². The molecule has 7 heteroatoms. The van der Waals surface area contributed by atoms with Crippen LogP contribution in [0.1, 0.15) is 32.1 Å². The van der Waals surface area contributed by atoms with Crippen molar-refractivity contribution < 1.29 is 5.11 Å². The Hall–Kier alpha value is -3.19. The highest BCUT2D eigenvalue weighted by atomic mass is 16.3. The molecule has 0 unspecified atom stereocenters. The van der Waals surface area contributed by atoms with E-state index in [9.17, 15) is 9.90 Å². The van der Waals surface area contributed by atoms with E-state index in [-0.39, 0.29) is 11.3 Å². The van der Waals surface area contributed by atoms with Gasteiger partial charge in [-0.2, -0.15) is 5.10 Å². The highest BCUT2D eigenvalue weighted by Crippen LogP contribution is 2.41. The molecular weight excluding hydrogens is 378 g/mol. The fraction of sp³-hybridized carbons (Fsp3) is 0.348. The number of aromatic nitrogens is 4. The van der Waals surface area contributed by atoms with E-state index in [1.165, 1.54) is 38.6 Å². The summed E-state index contributed by atoms with van der Waals surface area (Å²) in [6.45, 7) is 1.28. The molecule has 4 aromatic rings. The highest BCUT2D eigenvalue weighted by molar-refractivity contribution is 5.88. The number of hydrogen-bond donors (Lipinski definition) is 3. The predicted molar refractivity (Wildman–Crippen MR) is 118 cm³/mol. The van der Waals surface area contributed by atoms with Crippen LogP contribution in [0.25, 0.3) is 33.1 Å². The van der Waals surface area contributed by atoms with Crippen LogP contribution in [0.5, 0.6) is 5.75 Å². The molecular formula is C23H25N5O2. The van der Waals surface area contributed by atoms with Gasteiger partial charge in [-0.25, -0.2) is 4.98 Å². The molecule has 3 N–H and O–H groups in total. The van der Waals surface area contributed by atoms with E-state index in [2.05, 4.69) is 20.4 Å². The number of phenolic OH excluding ortho intramolecular Hbond substituents is 1. The minimum atomic E-state index is -0.177. The second-order valence-electron chi connectivity index (χ2n) is 8.33. The van der Waals surface area contributed by atoms with E-state index in [4.69, 9.17) is 0 Å². The first-order valence-electron chi connectivity index (χ1n) is 10.4. The summed E-state index contributed by atoms with van der Waals surface area (Å²) in [6, 6.07) is 8.64. The number of pyridine rings is 2. The molecule has 4 heterocycles. The first kappa shape index (κ1) is 18.8. The summed E-state index contributed by atoms with van der Waals surface area (Å²) >= 11 is 0. The minimum Gasteiger partial charge on any atom is -0.507 e. The number of fused-ring (bicyclic) bond motifs is 2. The number of aryl methyl sites for hydroxylation is 1. The maximum atomic E-state index is 11.7. The third-order valence-electron chi connectivity index (χ3n) is 6.07. The van der Waals surface area contributed by atoms with Crippen molar-refractivity contribution in [1.29, 1.82) is 0 Å². The molecule has 3 aromatic heterocycles. The zero-order valence-electron chi connectivity index (χ0n) is 17.0. The molecule has 2 aliphatic rings. The molecule has 0 bridgehead atoms. The topological polar surface area (TPSA) is 95.8 Å². The van der Waals surface area contributed by atoms with E-state index in [0.29, 0.717) is 27.7 Å². The number of nitrogens with one attached hydrogen (secondary N) is 2. The summed E-state index contributed by atoms with van der Waals surface area (Å²) in [4.78, 5) is 18.8. The molecule has 1 aromatic carbocycles. The second kappa shape index (κ2) is 7.25. The van der Waals surface area contributed by atoms with Crippen molar-refractivity contribution in [3.05, 3.63) is 53.1 Å². The van der Waals surface area contributed by atoms with Gasteiger partial charge in [-0.05, 0) is 56.5 Å². The Kier molecular flexibility index (Phi) is 4.55. The van der Waals surface area contributed by atoms with Crippen LogP contribution in [-0.2, 0) is 7.05 Å². The number of aromatic hydroxyl groups is 1. The van der Waals surface area contributed by atoms with Crippen molar-refractivity contribution >= 4 is 21.8 Å². The summed E-state index contributed by atoms with van der Waals surface area (Å²) in [7, 11) is 1.83. The van der Waals surface area contributed by atoms with Crippen molar-refractivity contribution in [1.82, 2.24) is 25.1 Å². The first-order chi connectivity index (χ1) is 14.5. The third kappa shape index (κ3) is 3.57. The summed E-state index contributed by atoms with van der Waals surface area (Å²) < 4.78 is 1.70. The molecule has 0 amide bonds. The molecule has 1 aliphatic heterocycles. The third-order valence-corrected chi connectivity index (χ3v) is 6.07. The van der Waals surface area contributed by atoms with Crippen LogP contribution in [0.15, 0.2) is 47.5 Å². The largest absolute Gasteiger partial charge is 0.507 e. The van der Waals surface area contributed by atoms with Crippen LogP contribution in [0.3, 0.4) is 0 Å². The Morgan fingerprint density at radius 1 is 1.10 bits per heavy atom. The molecule has 1 saturated carbocycles. The van der Waals surface area contributed by atoms with Crippen molar-refractivity contribution in [3.8, 4) is 17.0 Å². The predicted octanol–water partition coefficient (Wildman–Crippen LogP) is 3.47. The molecule has 1 saturated heterocycles. The normalized spacial score (nSPS) is 17.1. The molecule has 6 rings (SSSR count). The van der Waals surface area contributed by atoms with E-state index < -0.39 is 0 Å². The Bertz CT molecular complexity index is 1280. The van der Waals surface area contributed by atoms with E-state index in [1.54, 1.807) is 35.1 Å². The number of phenols is 1. The van der Waals surface area contributed by atoms with Crippen LogP contribution < -0.4 is 10.9 Å². The summed E-state index contributed by atoms with van der Waals surface area (Å²) in [6.07, 6.45) is 10.7. The number of H-pyrrole nitrogens is 1. The second-order valence-corrected chi connectivity index (χ2v) is 8.33. The lowest BCUT2D eigenvalue weighted by atomic mass is 10.0. The van der Waals surface area contributed by atoms with Gasteiger partial charge in [0.1, 0.15) is 5.75 Å². The Morgan fingerprint density at radius 2 is 1.97 bits per heavy atom. The number of piperidine rings is 1. The van der Waals surface area contributed by atoms with E-state index in [1.807, 2.05) is 19.3 Å². The zero-order valence-corrected chi connectivity index (χ0v) is 17.0. The number of aromatic amines is 1. The smallest absolute Gasteiger partial charge is 0.257 e. The fourth-order valence-electron chi connectivity index (χ4n) is 4.22. The lowest BCUT2D eigenvalue weighted by molar-refractivity contribution is 0.385. The van der Waals surface area contributed by atoms with E-state index >= 15 is 0 Å². The lowest BCUT2D eigenvalue weighted by Crippen LogP contribution is -2.35. The van der Waals surface area contributed by atoms with Crippen molar-refractivity contribution in [3.63, 3.8) is 0 Å². The summed E-state index contributed by atoms with van der Waals surface area (Å²) in [5.41, 5.74) is 3.04. The van der Waals surface area contributed by atoms with Gasteiger partial charge in [0, 0.05) is 42.0 Å². The quantitative estimate of drug-likeness (QED) is 0.452. The van der Waals surface area contributed by atoms with Gasteiger partial charge in [-0.15, -0.1) is 0 Å². The average Bonchev–Trinajstić information content (AvgIpc) is 3.38. The highest BCUT2D eigenvalue weighted by Gasteiger charge is 2.42. The van der Waals surface area contributed by atoms with Gasteiger partial charge in [0.25, 0.3) is 5.56 Å². The van der Waals surface area contributed by atoms with E-state index in [0.717, 1.165) is 10.9 Å². The van der Waals surface area contributed by atoms with Gasteiger partial charge >= 0.3 is 0 Å². The lowest BCUT2D eigenvalue weighted by Gasteiger charge is -2.22. The Morgan fingerprint density at radius 3 is 2.70 bits per heavy atom. The van der Waals surface area contributed by atoms with Crippen LogP contribution in [-0.4, -0.2) is 36.9 Å². The monoisotopic (exact) mass is 403 g/mol. The number of nitrogens with zero attached hydrogens (tertiary/aromatic N) is 3. The number of rotatable bonds is 1. The molecule has 2 fully saturated rings. The Balaban J connectivity index is 0.000000200. The molecule has 1 spiro atoms. The molecule has 30 heavy (non-hydrogen) atoms. The zero-order chi connectivity index (χ0) is 20.7. The summed E-state index contributed by atoms with van der Waals surface area (Å²) in [5, 5.41) is 19.5. The molecule has 1 aliphatic carbocycles. The fourth-order valence-corrected chi connectivity index (χ4v) is 4.22. The van der Waals surface area contributed by atoms with Crippen molar-refractivity contribution in [2.45, 2.75) is 37.6 Å². The van der Waals surface area contributed by atoms with Gasteiger partial charge in [-0.3, -0.25) is 9.48 Å². The maximum Gasteiger partial charge on any atom is 0.257 e. The number of benzene rings is 1.